The molecule has 0 heterocycles. The van der Waals surface area contributed by atoms with Gasteiger partial charge in [-0.05, 0) is 130 Å². The third-order valence-electron chi connectivity index (χ3n) is 2.78. The summed E-state index contributed by atoms with van der Waals surface area (Å²) in [6.07, 6.45) is 0. The molecule has 2 rings (SSSR count). The predicted octanol–water partition coefficient (Wildman–Crippen LogP) is 3.46. The van der Waals surface area contributed by atoms with Gasteiger partial charge in [-0.25, -0.2) is 0 Å². The molecular weight excluding hydrogens is 614 g/mol. The Morgan fingerprint density at radius 3 is 1.19 bits per heavy atom. The minimum absolute atomic E-state index is 0.281. The molecule has 0 saturated carbocycles. The molecule has 0 spiro atoms. The highest BCUT2D eigenvalue weighted by Crippen LogP contribution is 2.11. The molecule has 0 atom stereocenters. The quantitative estimate of drug-likeness (QED) is 0.171. The number of thiocarbonyl (C=S) groups is 3. The van der Waals surface area contributed by atoms with Crippen LogP contribution in [-0.4, -0.2) is 15.3 Å². The van der Waals surface area contributed by atoms with E-state index in [0.717, 1.165) is 18.5 Å². The second-order valence-corrected chi connectivity index (χ2v) is 8.47. The van der Waals surface area contributed by atoms with Gasteiger partial charge in [0.25, 0.3) is 0 Å². The van der Waals surface area contributed by atoms with Crippen molar-refractivity contribution in [1.29, 1.82) is 0 Å². The van der Waals surface area contributed by atoms with Crippen LogP contribution in [0, 0.1) is 7.14 Å². The Morgan fingerprint density at radius 1 is 0.538 bits per heavy atom. The van der Waals surface area contributed by atoms with Gasteiger partial charge < -0.3 is 10.6 Å². The first kappa shape index (κ1) is 21.3. The Kier molecular flexibility index (Phi) is 8.97. The van der Waals surface area contributed by atoms with E-state index in [1.165, 1.54) is 0 Å². The highest BCUT2D eigenvalue weighted by atomic mass is 127. The number of rotatable bonds is 2. The maximum Gasteiger partial charge on any atom is 0.204 e. The fourth-order valence-electron chi connectivity index (χ4n) is 1.65. The first-order chi connectivity index (χ1) is 12.4. The summed E-state index contributed by atoms with van der Waals surface area (Å²) in [6, 6.07) is 15.7. The fraction of sp³-hybridized carbons (Fsp3) is 0. The Hall–Kier alpha value is -1.03. The smallest absolute Gasteiger partial charge is 0.204 e. The van der Waals surface area contributed by atoms with Crippen LogP contribution in [0.5, 0.6) is 0 Å². The number of nitrogens with one attached hydrogen (secondary N) is 6. The summed E-state index contributed by atoms with van der Waals surface area (Å²) in [5, 5.41) is 7.12. The minimum Gasteiger partial charge on any atom is -0.331 e. The number of hydrogen-bond acceptors (Lipinski definition) is 3. The summed E-state index contributed by atoms with van der Waals surface area (Å²) in [5.74, 6) is 0. The monoisotopic (exact) mass is 628 g/mol. The van der Waals surface area contributed by atoms with Crippen molar-refractivity contribution in [3.05, 3.63) is 55.7 Å². The maximum absolute atomic E-state index is 5.19. The lowest BCUT2D eigenvalue weighted by molar-refractivity contribution is 0.788. The SMILES string of the molecule is S=C(NNC(=S)Nc1ccc(I)cc1)NNC(=S)Nc1ccc(I)cc1. The molecule has 2 aromatic rings. The van der Waals surface area contributed by atoms with Crippen molar-refractivity contribution in [1.82, 2.24) is 21.7 Å². The minimum atomic E-state index is 0.281. The first-order valence-corrected chi connectivity index (χ1v) is 10.5. The van der Waals surface area contributed by atoms with Crippen molar-refractivity contribution in [2.24, 2.45) is 0 Å². The zero-order valence-corrected chi connectivity index (χ0v) is 19.9. The molecule has 0 radical (unpaired) electrons. The molecule has 0 aliphatic rings. The van der Waals surface area contributed by atoms with Crippen LogP contribution in [-0.2, 0) is 0 Å². The van der Waals surface area contributed by atoms with E-state index in [4.69, 9.17) is 36.7 Å². The third-order valence-corrected chi connectivity index (χ3v) is 4.83. The number of benzene rings is 2. The van der Waals surface area contributed by atoms with E-state index < -0.39 is 0 Å². The molecule has 6 N–H and O–H groups in total. The standard InChI is InChI=1S/C15H14I2N6S3/c16-9-1-5-11(6-2-9)18-13(24)20-22-15(26)23-21-14(25)19-12-7-3-10(17)4-8-12/h1-8H,(H2,18,20,24)(H2,19,21,25)(H2,22,23,26). The van der Waals surface area contributed by atoms with Gasteiger partial charge in [0.2, 0.25) is 5.11 Å². The van der Waals surface area contributed by atoms with E-state index in [-0.39, 0.29) is 5.11 Å². The number of hydrogen-bond donors (Lipinski definition) is 6. The van der Waals surface area contributed by atoms with Crippen molar-refractivity contribution in [3.8, 4) is 0 Å². The molecule has 26 heavy (non-hydrogen) atoms. The zero-order chi connectivity index (χ0) is 18.9. The van der Waals surface area contributed by atoms with Gasteiger partial charge in [0.1, 0.15) is 0 Å². The first-order valence-electron chi connectivity index (χ1n) is 7.13. The van der Waals surface area contributed by atoms with Crippen molar-refractivity contribution in [2.45, 2.75) is 0 Å². The summed E-state index contributed by atoms with van der Waals surface area (Å²) >= 11 is 20.0. The molecule has 0 fully saturated rings. The van der Waals surface area contributed by atoms with Crippen molar-refractivity contribution in [2.75, 3.05) is 10.6 Å². The summed E-state index contributed by atoms with van der Waals surface area (Å²) in [5.41, 5.74) is 12.8. The second kappa shape index (κ2) is 11.0. The fourth-order valence-corrected chi connectivity index (χ4v) is 2.81. The van der Waals surface area contributed by atoms with Crippen molar-refractivity contribution in [3.63, 3.8) is 0 Å². The Labute approximate surface area is 194 Å². The number of halogens is 2. The predicted molar refractivity (Wildman–Crippen MR) is 136 cm³/mol. The van der Waals surface area contributed by atoms with E-state index in [2.05, 4.69) is 77.5 Å². The van der Waals surface area contributed by atoms with E-state index in [9.17, 15) is 0 Å². The Balaban J connectivity index is 1.66. The van der Waals surface area contributed by atoms with Gasteiger partial charge >= 0.3 is 0 Å². The molecule has 0 unspecified atom stereocenters. The van der Waals surface area contributed by atoms with Crippen LogP contribution in [0.1, 0.15) is 0 Å². The topological polar surface area (TPSA) is 72.2 Å². The summed E-state index contributed by atoms with van der Waals surface area (Å²) < 4.78 is 2.30. The summed E-state index contributed by atoms with van der Waals surface area (Å²) in [4.78, 5) is 0. The Morgan fingerprint density at radius 2 is 0.846 bits per heavy atom. The lowest BCUT2D eigenvalue weighted by Gasteiger charge is -2.16. The van der Waals surface area contributed by atoms with Gasteiger partial charge in [0, 0.05) is 18.5 Å². The van der Waals surface area contributed by atoms with Gasteiger partial charge in [-0.15, -0.1) is 0 Å². The average Bonchev–Trinajstić information content (AvgIpc) is 2.62. The molecule has 0 saturated heterocycles. The van der Waals surface area contributed by atoms with Crippen LogP contribution >= 0.6 is 81.8 Å². The van der Waals surface area contributed by atoms with E-state index in [0.29, 0.717) is 10.2 Å². The number of anilines is 2. The molecular formula is C15H14I2N6S3. The number of hydrazine groups is 2. The van der Waals surface area contributed by atoms with E-state index in [1.54, 1.807) is 0 Å². The highest BCUT2D eigenvalue weighted by molar-refractivity contribution is 14.1. The third kappa shape index (κ3) is 8.11. The van der Waals surface area contributed by atoms with Gasteiger partial charge in [0.05, 0.1) is 0 Å². The van der Waals surface area contributed by atoms with Gasteiger partial charge in [-0.3, -0.25) is 21.7 Å². The van der Waals surface area contributed by atoms with E-state index >= 15 is 0 Å². The van der Waals surface area contributed by atoms with Crippen molar-refractivity contribution < 1.29 is 0 Å². The van der Waals surface area contributed by atoms with E-state index in [1.807, 2.05) is 48.5 Å². The normalized spacial score (nSPS) is 9.62. The highest BCUT2D eigenvalue weighted by Gasteiger charge is 2.01. The largest absolute Gasteiger partial charge is 0.331 e. The molecule has 0 amide bonds. The molecule has 6 nitrogen and oxygen atoms in total. The van der Waals surface area contributed by atoms with Crippen LogP contribution in [0.15, 0.2) is 48.5 Å². The zero-order valence-electron chi connectivity index (χ0n) is 13.1. The van der Waals surface area contributed by atoms with Crippen LogP contribution < -0.4 is 32.3 Å². The lowest BCUT2D eigenvalue weighted by atomic mass is 10.3. The van der Waals surface area contributed by atoms with Crippen molar-refractivity contribution >= 4 is 109 Å². The molecule has 0 bridgehead atoms. The summed E-state index contributed by atoms with van der Waals surface area (Å²) in [7, 11) is 0. The maximum atomic E-state index is 5.19. The van der Waals surface area contributed by atoms with Crippen LogP contribution in [0.25, 0.3) is 0 Å². The van der Waals surface area contributed by atoms with Crippen LogP contribution in [0.2, 0.25) is 0 Å². The van der Waals surface area contributed by atoms with Gasteiger partial charge in [-0.1, -0.05) is 0 Å². The molecule has 2 aromatic carbocycles. The molecule has 136 valence electrons. The van der Waals surface area contributed by atoms with Gasteiger partial charge in [0.15, 0.2) is 10.2 Å². The average molecular weight is 628 g/mol. The second-order valence-electron chi connectivity index (χ2n) is 4.75. The van der Waals surface area contributed by atoms with Crippen LogP contribution in [0.3, 0.4) is 0 Å². The van der Waals surface area contributed by atoms with Crippen LogP contribution in [0.4, 0.5) is 11.4 Å². The molecule has 11 heteroatoms. The van der Waals surface area contributed by atoms with Gasteiger partial charge in [-0.2, -0.15) is 0 Å². The molecule has 0 aromatic heterocycles. The summed E-state index contributed by atoms with van der Waals surface area (Å²) in [6.45, 7) is 0. The molecule has 0 aliphatic carbocycles. The molecule has 0 aliphatic heterocycles. The lowest BCUT2D eigenvalue weighted by Crippen LogP contribution is -2.53. The Bertz CT molecular complexity index is 717.